The van der Waals surface area contributed by atoms with Crippen LogP contribution in [0.25, 0.3) is 0 Å². The number of sulfonamides is 1. The molecule has 0 aromatic heterocycles. The number of carboxylic acids is 1. The van der Waals surface area contributed by atoms with E-state index >= 15 is 0 Å². The molecule has 0 aliphatic carbocycles. The second-order valence-corrected chi connectivity index (χ2v) is 5.21. The molecule has 0 aliphatic rings. The summed E-state index contributed by atoms with van der Waals surface area (Å²) in [5.74, 6) is -1.18. The zero-order chi connectivity index (χ0) is 13.2. The van der Waals surface area contributed by atoms with Gasteiger partial charge in [0.2, 0.25) is 10.0 Å². The Balaban J connectivity index is 3.37. The van der Waals surface area contributed by atoms with Gasteiger partial charge in [-0.2, -0.15) is 0 Å². The average molecular weight is 259 g/mol. The van der Waals surface area contributed by atoms with Crippen molar-refractivity contribution < 1.29 is 23.1 Å². The van der Waals surface area contributed by atoms with Crippen LogP contribution in [0, 0.1) is 0 Å². The molecule has 3 N–H and O–H groups in total. The third kappa shape index (κ3) is 3.43. The minimum Gasteiger partial charge on any atom is -0.490 e. The van der Waals surface area contributed by atoms with Crippen LogP contribution in [0.2, 0.25) is 0 Å². The van der Waals surface area contributed by atoms with Gasteiger partial charge in [0.15, 0.2) is 0 Å². The molecule has 1 aromatic rings. The Bertz CT molecular complexity index is 536. The summed E-state index contributed by atoms with van der Waals surface area (Å²) >= 11 is 0. The largest absolute Gasteiger partial charge is 0.490 e. The predicted octanol–water partition coefficient (Wildman–Crippen LogP) is 0.819. The molecule has 0 spiro atoms. The minimum absolute atomic E-state index is 0.0486. The van der Waals surface area contributed by atoms with Gasteiger partial charge in [-0.05, 0) is 32.0 Å². The van der Waals surface area contributed by atoms with Gasteiger partial charge >= 0.3 is 5.97 Å². The van der Waals surface area contributed by atoms with E-state index in [0.29, 0.717) is 0 Å². The highest BCUT2D eigenvalue weighted by atomic mass is 32.2. The Morgan fingerprint density at radius 2 is 2.00 bits per heavy atom. The number of hydrogen-bond donors (Lipinski definition) is 2. The summed E-state index contributed by atoms with van der Waals surface area (Å²) in [5.41, 5.74) is -0.162. The lowest BCUT2D eigenvalue weighted by Crippen LogP contribution is -2.16. The first kappa shape index (κ1) is 13.5. The second-order valence-electron chi connectivity index (χ2n) is 3.68. The molecule has 0 amide bonds. The first-order chi connectivity index (χ1) is 7.71. The van der Waals surface area contributed by atoms with Gasteiger partial charge in [-0.1, -0.05) is 0 Å². The lowest BCUT2D eigenvalue weighted by Gasteiger charge is -2.13. The maximum Gasteiger partial charge on any atom is 0.335 e. The Morgan fingerprint density at radius 3 is 2.41 bits per heavy atom. The quantitative estimate of drug-likeness (QED) is 0.832. The molecule has 0 saturated carbocycles. The number of benzene rings is 1. The first-order valence-corrected chi connectivity index (χ1v) is 6.33. The van der Waals surface area contributed by atoms with Gasteiger partial charge in [-0.25, -0.2) is 18.4 Å². The van der Waals surface area contributed by atoms with E-state index in [1.165, 1.54) is 12.1 Å². The molecular weight excluding hydrogens is 246 g/mol. The molecule has 1 aromatic carbocycles. The van der Waals surface area contributed by atoms with Gasteiger partial charge in [0, 0.05) is 0 Å². The zero-order valence-electron chi connectivity index (χ0n) is 9.38. The predicted molar refractivity (Wildman–Crippen MR) is 60.5 cm³/mol. The normalized spacial score (nSPS) is 11.5. The van der Waals surface area contributed by atoms with Crippen molar-refractivity contribution in [1.82, 2.24) is 0 Å². The fraction of sp³-hybridized carbons (Fsp3) is 0.300. The van der Waals surface area contributed by atoms with E-state index < -0.39 is 16.0 Å². The molecule has 94 valence electrons. The summed E-state index contributed by atoms with van der Waals surface area (Å²) in [6, 6.07) is 3.52. The lowest BCUT2D eigenvalue weighted by atomic mass is 10.2. The topological polar surface area (TPSA) is 107 Å². The van der Waals surface area contributed by atoms with Crippen molar-refractivity contribution in [3.63, 3.8) is 0 Å². The lowest BCUT2D eigenvalue weighted by molar-refractivity contribution is 0.0696. The van der Waals surface area contributed by atoms with Crippen molar-refractivity contribution in [2.45, 2.75) is 24.8 Å². The van der Waals surface area contributed by atoms with Crippen LogP contribution in [0.15, 0.2) is 23.1 Å². The van der Waals surface area contributed by atoms with E-state index in [1.807, 2.05) is 0 Å². The number of primary sulfonamides is 1. The molecule has 0 fully saturated rings. The van der Waals surface area contributed by atoms with E-state index in [1.54, 1.807) is 13.8 Å². The Kier molecular flexibility index (Phi) is 3.74. The number of aromatic carboxylic acids is 1. The van der Waals surface area contributed by atoms with Crippen LogP contribution in [-0.2, 0) is 10.0 Å². The molecule has 1 rings (SSSR count). The van der Waals surface area contributed by atoms with Gasteiger partial charge in [-0.15, -0.1) is 0 Å². The van der Waals surface area contributed by atoms with E-state index in [9.17, 15) is 13.2 Å². The first-order valence-electron chi connectivity index (χ1n) is 4.78. The highest BCUT2D eigenvalue weighted by Crippen LogP contribution is 2.25. The van der Waals surface area contributed by atoms with Gasteiger partial charge in [0.1, 0.15) is 10.6 Å². The van der Waals surface area contributed by atoms with Crippen LogP contribution in [0.3, 0.4) is 0 Å². The molecule has 0 bridgehead atoms. The zero-order valence-corrected chi connectivity index (χ0v) is 10.2. The number of hydrogen-bond acceptors (Lipinski definition) is 4. The molecule has 7 heteroatoms. The Hall–Kier alpha value is -1.60. The molecule has 0 aliphatic heterocycles. The van der Waals surface area contributed by atoms with Crippen LogP contribution < -0.4 is 9.88 Å². The van der Waals surface area contributed by atoms with Crippen LogP contribution in [0.5, 0.6) is 5.75 Å². The molecule has 6 nitrogen and oxygen atoms in total. The SMILES string of the molecule is CC(C)Oc1ccc(C(=O)O)cc1S(N)(=O)=O. The van der Waals surface area contributed by atoms with Crippen LogP contribution in [0.1, 0.15) is 24.2 Å². The molecule has 0 atom stereocenters. The second kappa shape index (κ2) is 4.72. The van der Waals surface area contributed by atoms with Gasteiger partial charge in [0.05, 0.1) is 11.7 Å². The molecule has 0 unspecified atom stereocenters. The fourth-order valence-corrected chi connectivity index (χ4v) is 1.90. The molecule has 0 radical (unpaired) electrons. The molecule has 0 heterocycles. The van der Waals surface area contributed by atoms with Crippen molar-refractivity contribution in [1.29, 1.82) is 0 Å². The average Bonchev–Trinajstić information content (AvgIpc) is 2.15. The van der Waals surface area contributed by atoms with Crippen LogP contribution >= 0.6 is 0 Å². The highest BCUT2D eigenvalue weighted by Gasteiger charge is 2.18. The Labute approximate surface area is 99.1 Å². The molecular formula is C10H13NO5S. The van der Waals surface area contributed by atoms with Crippen molar-refractivity contribution in [3.05, 3.63) is 23.8 Å². The van der Waals surface area contributed by atoms with E-state index in [4.69, 9.17) is 15.0 Å². The molecule has 0 saturated heterocycles. The van der Waals surface area contributed by atoms with Crippen molar-refractivity contribution in [3.8, 4) is 5.75 Å². The van der Waals surface area contributed by atoms with Gasteiger partial charge in [0.25, 0.3) is 0 Å². The summed E-state index contributed by atoms with van der Waals surface area (Å²) < 4.78 is 27.9. The Morgan fingerprint density at radius 1 is 1.41 bits per heavy atom. The number of ether oxygens (including phenoxy) is 1. The van der Waals surface area contributed by atoms with Crippen LogP contribution in [-0.4, -0.2) is 25.6 Å². The maximum absolute atomic E-state index is 11.3. The van der Waals surface area contributed by atoms with Crippen LogP contribution in [0.4, 0.5) is 0 Å². The van der Waals surface area contributed by atoms with Crippen molar-refractivity contribution in [2.24, 2.45) is 5.14 Å². The number of nitrogens with two attached hydrogens (primary N) is 1. The van der Waals surface area contributed by atoms with E-state index in [-0.39, 0.29) is 22.3 Å². The molecule has 17 heavy (non-hydrogen) atoms. The fourth-order valence-electron chi connectivity index (χ4n) is 1.21. The third-order valence-corrected chi connectivity index (χ3v) is 2.79. The number of carboxylic acid groups (broad SMARTS) is 1. The monoisotopic (exact) mass is 259 g/mol. The minimum atomic E-state index is -4.02. The highest BCUT2D eigenvalue weighted by molar-refractivity contribution is 7.89. The van der Waals surface area contributed by atoms with Crippen molar-refractivity contribution in [2.75, 3.05) is 0 Å². The summed E-state index contributed by atoms with van der Waals surface area (Å²) in [6.07, 6.45) is -0.244. The summed E-state index contributed by atoms with van der Waals surface area (Å²) in [6.45, 7) is 3.44. The van der Waals surface area contributed by atoms with E-state index in [0.717, 1.165) is 6.07 Å². The summed E-state index contributed by atoms with van der Waals surface area (Å²) in [5, 5.41) is 13.8. The number of rotatable bonds is 4. The van der Waals surface area contributed by atoms with Gasteiger partial charge < -0.3 is 9.84 Å². The maximum atomic E-state index is 11.3. The van der Waals surface area contributed by atoms with Gasteiger partial charge in [-0.3, -0.25) is 0 Å². The summed E-state index contributed by atoms with van der Waals surface area (Å²) in [4.78, 5) is 10.4. The third-order valence-electron chi connectivity index (χ3n) is 1.86. The standard InChI is InChI=1S/C10H13NO5S/c1-6(2)16-8-4-3-7(10(12)13)5-9(8)17(11,14)15/h3-6H,1-2H3,(H,12,13)(H2,11,14,15). The summed E-state index contributed by atoms with van der Waals surface area (Å²) in [7, 11) is -4.02. The van der Waals surface area contributed by atoms with Crippen molar-refractivity contribution >= 4 is 16.0 Å². The number of carbonyl (C=O) groups is 1. The van der Waals surface area contributed by atoms with E-state index in [2.05, 4.69) is 0 Å². The smallest absolute Gasteiger partial charge is 0.335 e.